The third-order valence-corrected chi connectivity index (χ3v) is 3.95. The van der Waals surface area contributed by atoms with Crippen LogP contribution in [0.2, 0.25) is 0 Å². The monoisotopic (exact) mass is 248 g/mol. The molecule has 0 spiro atoms. The molecule has 0 aliphatic heterocycles. The molecule has 0 fully saturated rings. The SMILES string of the molecule is Cc1cc(N)ccc1SCc1c(C)noc1C. The zero-order valence-electron chi connectivity index (χ0n) is 10.3. The topological polar surface area (TPSA) is 52.0 Å². The van der Waals surface area contributed by atoms with E-state index in [1.54, 1.807) is 11.8 Å². The van der Waals surface area contributed by atoms with Crippen molar-refractivity contribution in [3.8, 4) is 0 Å². The summed E-state index contributed by atoms with van der Waals surface area (Å²) in [5.41, 5.74) is 9.91. The van der Waals surface area contributed by atoms with E-state index >= 15 is 0 Å². The molecule has 0 saturated carbocycles. The van der Waals surface area contributed by atoms with Crippen molar-refractivity contribution in [2.45, 2.75) is 31.4 Å². The summed E-state index contributed by atoms with van der Waals surface area (Å²) in [6, 6.07) is 5.99. The van der Waals surface area contributed by atoms with E-state index in [1.807, 2.05) is 26.0 Å². The fourth-order valence-corrected chi connectivity index (χ4v) is 2.86. The normalized spacial score (nSPS) is 10.8. The maximum atomic E-state index is 5.73. The van der Waals surface area contributed by atoms with Gasteiger partial charge in [-0.2, -0.15) is 0 Å². The van der Waals surface area contributed by atoms with Crippen molar-refractivity contribution in [3.05, 3.63) is 40.8 Å². The molecule has 0 aliphatic carbocycles. The van der Waals surface area contributed by atoms with Gasteiger partial charge in [0.1, 0.15) is 5.76 Å². The first kappa shape index (κ1) is 12.0. The van der Waals surface area contributed by atoms with Crippen LogP contribution in [0.1, 0.15) is 22.6 Å². The number of benzene rings is 1. The lowest BCUT2D eigenvalue weighted by molar-refractivity contribution is 0.392. The van der Waals surface area contributed by atoms with Crippen LogP contribution in [-0.4, -0.2) is 5.16 Å². The van der Waals surface area contributed by atoms with Gasteiger partial charge in [0.25, 0.3) is 0 Å². The molecule has 0 bridgehead atoms. The summed E-state index contributed by atoms with van der Waals surface area (Å²) in [5.74, 6) is 1.79. The van der Waals surface area contributed by atoms with E-state index in [-0.39, 0.29) is 0 Å². The van der Waals surface area contributed by atoms with Crippen LogP contribution in [0.25, 0.3) is 0 Å². The average Bonchev–Trinajstić information content (AvgIpc) is 2.58. The molecule has 2 aromatic rings. The predicted octanol–water partition coefficient (Wildman–Crippen LogP) is 3.47. The lowest BCUT2D eigenvalue weighted by atomic mass is 10.2. The lowest BCUT2D eigenvalue weighted by Crippen LogP contribution is -1.89. The van der Waals surface area contributed by atoms with E-state index < -0.39 is 0 Å². The Labute approximate surface area is 105 Å². The van der Waals surface area contributed by atoms with Crippen molar-refractivity contribution < 1.29 is 4.52 Å². The zero-order valence-corrected chi connectivity index (χ0v) is 11.1. The Kier molecular flexibility index (Phi) is 3.43. The van der Waals surface area contributed by atoms with Gasteiger partial charge in [0.2, 0.25) is 0 Å². The van der Waals surface area contributed by atoms with E-state index in [4.69, 9.17) is 10.3 Å². The van der Waals surface area contributed by atoms with Gasteiger partial charge >= 0.3 is 0 Å². The highest BCUT2D eigenvalue weighted by atomic mass is 32.2. The molecule has 0 atom stereocenters. The van der Waals surface area contributed by atoms with Crippen LogP contribution < -0.4 is 5.73 Å². The second-order valence-corrected chi connectivity index (χ2v) is 5.13. The zero-order chi connectivity index (χ0) is 12.4. The van der Waals surface area contributed by atoms with Gasteiger partial charge in [0, 0.05) is 21.9 Å². The second-order valence-electron chi connectivity index (χ2n) is 4.12. The van der Waals surface area contributed by atoms with E-state index in [9.17, 15) is 0 Å². The standard InChI is InChI=1S/C13H16N2OS/c1-8-6-11(14)4-5-13(8)17-7-12-9(2)15-16-10(12)3/h4-6H,7,14H2,1-3H3. The molecule has 17 heavy (non-hydrogen) atoms. The van der Waals surface area contributed by atoms with Crippen molar-refractivity contribution in [2.24, 2.45) is 0 Å². The third kappa shape index (κ3) is 2.64. The Hall–Kier alpha value is -1.42. The number of aromatic nitrogens is 1. The number of aryl methyl sites for hydroxylation is 3. The number of thioether (sulfide) groups is 1. The Morgan fingerprint density at radius 2 is 2.06 bits per heavy atom. The van der Waals surface area contributed by atoms with Gasteiger partial charge in [-0.3, -0.25) is 0 Å². The van der Waals surface area contributed by atoms with Gasteiger partial charge in [0.05, 0.1) is 5.69 Å². The Morgan fingerprint density at radius 3 is 2.65 bits per heavy atom. The van der Waals surface area contributed by atoms with Crippen LogP contribution in [0.4, 0.5) is 5.69 Å². The second kappa shape index (κ2) is 4.84. The fraction of sp³-hybridized carbons (Fsp3) is 0.308. The van der Waals surface area contributed by atoms with Crippen LogP contribution in [-0.2, 0) is 5.75 Å². The van der Waals surface area contributed by atoms with Crippen LogP contribution >= 0.6 is 11.8 Å². The minimum absolute atomic E-state index is 0.809. The minimum Gasteiger partial charge on any atom is -0.399 e. The van der Waals surface area contributed by atoms with Crippen molar-refractivity contribution in [2.75, 3.05) is 5.73 Å². The number of hydrogen-bond acceptors (Lipinski definition) is 4. The molecule has 3 nitrogen and oxygen atoms in total. The minimum atomic E-state index is 0.809. The van der Waals surface area contributed by atoms with Gasteiger partial charge in [-0.05, 0) is 44.5 Å². The Balaban J connectivity index is 2.13. The van der Waals surface area contributed by atoms with Gasteiger partial charge in [0.15, 0.2) is 0 Å². The molecule has 0 aliphatic rings. The summed E-state index contributed by atoms with van der Waals surface area (Å²) in [4.78, 5) is 1.25. The predicted molar refractivity (Wildman–Crippen MR) is 71.1 cm³/mol. The molecule has 2 N–H and O–H groups in total. The van der Waals surface area contributed by atoms with E-state index in [0.717, 1.165) is 22.9 Å². The molecule has 2 rings (SSSR count). The Morgan fingerprint density at radius 1 is 1.29 bits per heavy atom. The van der Waals surface area contributed by atoms with E-state index in [0.29, 0.717) is 0 Å². The van der Waals surface area contributed by atoms with Gasteiger partial charge in [-0.15, -0.1) is 11.8 Å². The van der Waals surface area contributed by atoms with Crippen molar-refractivity contribution in [1.29, 1.82) is 0 Å². The summed E-state index contributed by atoms with van der Waals surface area (Å²) in [7, 11) is 0. The molecule has 0 radical (unpaired) electrons. The van der Waals surface area contributed by atoms with E-state index in [1.165, 1.54) is 16.0 Å². The quantitative estimate of drug-likeness (QED) is 0.667. The number of anilines is 1. The van der Waals surface area contributed by atoms with Crippen LogP contribution in [0.3, 0.4) is 0 Å². The lowest BCUT2D eigenvalue weighted by Gasteiger charge is -2.06. The Bertz CT molecular complexity index is 515. The highest BCUT2D eigenvalue weighted by molar-refractivity contribution is 7.98. The average molecular weight is 248 g/mol. The number of hydrogen-bond donors (Lipinski definition) is 1. The van der Waals surface area contributed by atoms with Crippen molar-refractivity contribution in [1.82, 2.24) is 5.16 Å². The third-order valence-electron chi connectivity index (χ3n) is 2.75. The highest BCUT2D eigenvalue weighted by Gasteiger charge is 2.09. The maximum absolute atomic E-state index is 5.73. The van der Waals surface area contributed by atoms with Crippen molar-refractivity contribution >= 4 is 17.4 Å². The molecule has 4 heteroatoms. The van der Waals surface area contributed by atoms with Gasteiger partial charge < -0.3 is 10.3 Å². The summed E-state index contributed by atoms with van der Waals surface area (Å²) >= 11 is 1.79. The highest BCUT2D eigenvalue weighted by Crippen LogP contribution is 2.29. The van der Waals surface area contributed by atoms with E-state index in [2.05, 4.69) is 18.1 Å². The summed E-state index contributed by atoms with van der Waals surface area (Å²) < 4.78 is 5.15. The number of nitrogen functional groups attached to an aromatic ring is 1. The van der Waals surface area contributed by atoms with Crippen LogP contribution in [0.5, 0.6) is 0 Å². The first-order valence-corrected chi connectivity index (χ1v) is 6.47. The molecule has 1 aromatic heterocycles. The molecule has 90 valence electrons. The molecule has 0 saturated heterocycles. The largest absolute Gasteiger partial charge is 0.399 e. The fourth-order valence-electron chi connectivity index (χ4n) is 1.69. The van der Waals surface area contributed by atoms with Crippen LogP contribution in [0, 0.1) is 20.8 Å². The first-order valence-electron chi connectivity index (χ1n) is 5.48. The van der Waals surface area contributed by atoms with Gasteiger partial charge in [-0.25, -0.2) is 0 Å². The molecule has 1 aromatic carbocycles. The molecular weight excluding hydrogens is 232 g/mol. The van der Waals surface area contributed by atoms with Crippen LogP contribution in [0.15, 0.2) is 27.6 Å². The van der Waals surface area contributed by atoms with Gasteiger partial charge in [-0.1, -0.05) is 5.16 Å². The first-order chi connectivity index (χ1) is 8.08. The molecular formula is C13H16N2OS. The van der Waals surface area contributed by atoms with Crippen molar-refractivity contribution in [3.63, 3.8) is 0 Å². The number of nitrogens with zero attached hydrogens (tertiary/aromatic N) is 1. The molecule has 0 unspecified atom stereocenters. The number of rotatable bonds is 3. The molecule has 1 heterocycles. The number of nitrogens with two attached hydrogens (primary N) is 1. The maximum Gasteiger partial charge on any atom is 0.137 e. The smallest absolute Gasteiger partial charge is 0.137 e. The summed E-state index contributed by atoms with van der Waals surface area (Å²) in [6.45, 7) is 6.00. The summed E-state index contributed by atoms with van der Waals surface area (Å²) in [6.07, 6.45) is 0. The molecule has 0 amide bonds. The summed E-state index contributed by atoms with van der Waals surface area (Å²) in [5, 5.41) is 3.96.